The number of fused-ring (bicyclic) bond motifs is 2. The molecule has 3 aromatic heterocycles. The molecule has 1 atom stereocenters. The fraction of sp³-hybridized carbons (Fsp3) is 0.286. The van der Waals surface area contributed by atoms with Crippen LogP contribution in [-0.2, 0) is 7.05 Å². The van der Waals surface area contributed by atoms with Gasteiger partial charge in [-0.3, -0.25) is 9.58 Å². The maximum absolute atomic E-state index is 13.6. The maximum atomic E-state index is 13.6. The molecule has 1 aliphatic heterocycles. The molecule has 1 aliphatic rings. The second-order valence-corrected chi connectivity index (χ2v) is 7.65. The van der Waals surface area contributed by atoms with Crippen molar-refractivity contribution >= 4 is 28.2 Å². The number of hydrogen-bond acceptors (Lipinski definition) is 7. The molecule has 4 heterocycles. The predicted molar refractivity (Wildman–Crippen MR) is 113 cm³/mol. The third-order valence-corrected chi connectivity index (χ3v) is 5.49. The van der Waals surface area contributed by atoms with Crippen molar-refractivity contribution in [1.29, 1.82) is 5.26 Å². The summed E-state index contributed by atoms with van der Waals surface area (Å²) in [5, 5.41) is 16.8. The van der Waals surface area contributed by atoms with Gasteiger partial charge in [-0.2, -0.15) is 10.4 Å². The third-order valence-electron chi connectivity index (χ3n) is 5.49. The summed E-state index contributed by atoms with van der Waals surface area (Å²) in [6, 6.07) is 6.46. The van der Waals surface area contributed by atoms with Crippen molar-refractivity contribution in [3.63, 3.8) is 0 Å². The summed E-state index contributed by atoms with van der Waals surface area (Å²) in [5.41, 5.74) is 2.51. The van der Waals surface area contributed by atoms with E-state index < -0.39 is 6.09 Å². The van der Waals surface area contributed by atoms with Gasteiger partial charge in [0.2, 0.25) is 0 Å². The van der Waals surface area contributed by atoms with Gasteiger partial charge in [-0.15, -0.1) is 0 Å². The van der Waals surface area contributed by atoms with Gasteiger partial charge >= 0.3 is 6.09 Å². The van der Waals surface area contributed by atoms with Crippen LogP contribution < -0.4 is 10.1 Å². The maximum Gasteiger partial charge on any atom is 0.412 e. The van der Waals surface area contributed by atoms with Gasteiger partial charge in [0.15, 0.2) is 16.9 Å². The highest BCUT2D eigenvalue weighted by atomic mass is 19.1. The van der Waals surface area contributed by atoms with Crippen LogP contribution in [0.3, 0.4) is 0 Å². The van der Waals surface area contributed by atoms with Crippen molar-refractivity contribution in [2.45, 2.75) is 12.5 Å². The standard InChI is InChI=1S/C21H19FN8O2/c1-29-16-8-12(22)2-3-14(16)18(28-29)15-9-24-20-19(27-15)17(10-25-20)32-21(31)26-13-4-6-30(11-13)7-5-23/h2-3,8-10,13H,4,6-7,11H2,1H3,(H,24,25)(H,26,31)/t13-/m1/s1. The molecule has 11 heteroatoms. The van der Waals surface area contributed by atoms with Crippen molar-refractivity contribution in [1.82, 2.24) is 34.9 Å². The molecular weight excluding hydrogens is 415 g/mol. The average Bonchev–Trinajstić information content (AvgIpc) is 3.46. The van der Waals surface area contributed by atoms with Crippen LogP contribution in [0.4, 0.5) is 9.18 Å². The van der Waals surface area contributed by atoms with Crippen LogP contribution in [-0.4, -0.2) is 61.4 Å². The molecule has 0 bridgehead atoms. The van der Waals surface area contributed by atoms with Crippen LogP contribution in [0.2, 0.25) is 0 Å². The van der Waals surface area contributed by atoms with Crippen LogP contribution in [0.25, 0.3) is 33.5 Å². The zero-order valence-electron chi connectivity index (χ0n) is 17.2. The van der Waals surface area contributed by atoms with E-state index >= 15 is 0 Å². The summed E-state index contributed by atoms with van der Waals surface area (Å²) in [7, 11) is 1.73. The number of H-pyrrole nitrogens is 1. The van der Waals surface area contributed by atoms with E-state index in [0.717, 1.165) is 18.4 Å². The summed E-state index contributed by atoms with van der Waals surface area (Å²) >= 11 is 0. The van der Waals surface area contributed by atoms with Crippen LogP contribution in [0.15, 0.2) is 30.6 Å². The SMILES string of the molecule is Cn1nc(-c2cnc3[nH]cc(OC(=O)N[C@@H]4CCN(CC#N)C4)c3n2)c2ccc(F)cc21. The predicted octanol–water partition coefficient (Wildman–Crippen LogP) is 2.34. The Morgan fingerprint density at radius 2 is 2.34 bits per heavy atom. The van der Waals surface area contributed by atoms with E-state index in [2.05, 4.69) is 31.4 Å². The molecule has 1 aromatic carbocycles. The molecule has 1 amide bonds. The quantitative estimate of drug-likeness (QED) is 0.472. The third kappa shape index (κ3) is 3.61. The Balaban J connectivity index is 1.39. The lowest BCUT2D eigenvalue weighted by Gasteiger charge is -2.13. The lowest BCUT2D eigenvalue weighted by molar-refractivity contribution is 0.196. The number of nitriles is 1. The second-order valence-electron chi connectivity index (χ2n) is 7.65. The van der Waals surface area contributed by atoms with E-state index in [-0.39, 0.29) is 17.6 Å². The highest BCUT2D eigenvalue weighted by molar-refractivity contribution is 5.93. The Hall–Kier alpha value is -4.04. The minimum absolute atomic E-state index is 0.0806. The Morgan fingerprint density at radius 1 is 1.47 bits per heavy atom. The van der Waals surface area contributed by atoms with E-state index in [0.29, 0.717) is 41.2 Å². The molecule has 0 unspecified atom stereocenters. The van der Waals surface area contributed by atoms with Crippen molar-refractivity contribution in [2.75, 3.05) is 19.6 Å². The number of amides is 1. The highest BCUT2D eigenvalue weighted by Crippen LogP contribution is 2.29. The average molecular weight is 434 g/mol. The van der Waals surface area contributed by atoms with Crippen LogP contribution in [0, 0.1) is 17.1 Å². The highest BCUT2D eigenvalue weighted by Gasteiger charge is 2.25. The molecule has 0 radical (unpaired) electrons. The largest absolute Gasteiger partial charge is 0.412 e. The van der Waals surface area contributed by atoms with Gasteiger partial charge in [0, 0.05) is 37.8 Å². The van der Waals surface area contributed by atoms with Gasteiger partial charge in [-0.05, 0) is 24.6 Å². The van der Waals surface area contributed by atoms with E-state index in [1.165, 1.54) is 18.3 Å². The number of benzene rings is 1. The first-order valence-corrected chi connectivity index (χ1v) is 10.1. The van der Waals surface area contributed by atoms with Crippen LogP contribution in [0.5, 0.6) is 5.75 Å². The molecule has 4 aromatic rings. The fourth-order valence-electron chi connectivity index (χ4n) is 3.97. The van der Waals surface area contributed by atoms with Gasteiger partial charge in [0.05, 0.1) is 24.3 Å². The molecule has 5 rings (SSSR count). The zero-order valence-corrected chi connectivity index (χ0v) is 17.2. The smallest absolute Gasteiger partial charge is 0.406 e. The number of nitrogens with zero attached hydrogens (tertiary/aromatic N) is 6. The molecule has 10 nitrogen and oxygen atoms in total. The number of halogens is 1. The summed E-state index contributed by atoms with van der Waals surface area (Å²) in [6.07, 6.45) is 3.25. The lowest BCUT2D eigenvalue weighted by Crippen LogP contribution is -2.38. The molecule has 32 heavy (non-hydrogen) atoms. The molecule has 2 N–H and O–H groups in total. The number of hydrogen-bond donors (Lipinski definition) is 2. The lowest BCUT2D eigenvalue weighted by atomic mass is 10.1. The summed E-state index contributed by atoms with van der Waals surface area (Å²) in [6.45, 7) is 1.69. The fourth-order valence-corrected chi connectivity index (χ4v) is 3.97. The summed E-state index contributed by atoms with van der Waals surface area (Å²) < 4.78 is 20.7. The number of rotatable bonds is 4. The number of likely N-dealkylation sites (tertiary alicyclic amines) is 1. The van der Waals surface area contributed by atoms with E-state index in [9.17, 15) is 9.18 Å². The second kappa shape index (κ2) is 7.90. The molecule has 1 fully saturated rings. The first kappa shape index (κ1) is 19.9. The van der Waals surface area contributed by atoms with Gasteiger partial charge in [-0.25, -0.2) is 19.2 Å². The molecule has 0 aliphatic carbocycles. The van der Waals surface area contributed by atoms with Crippen molar-refractivity contribution < 1.29 is 13.9 Å². The van der Waals surface area contributed by atoms with Gasteiger partial charge in [0.1, 0.15) is 17.2 Å². The Kier molecular flexibility index (Phi) is 4.91. The topological polar surface area (TPSA) is 125 Å². The molecule has 162 valence electrons. The summed E-state index contributed by atoms with van der Waals surface area (Å²) in [5.74, 6) is -0.107. The first-order chi connectivity index (χ1) is 15.5. The molecule has 0 spiro atoms. The number of nitrogens with one attached hydrogen (secondary N) is 2. The van der Waals surface area contributed by atoms with Crippen molar-refractivity contribution in [3.05, 3.63) is 36.4 Å². The normalized spacial score (nSPS) is 16.5. The van der Waals surface area contributed by atoms with Crippen molar-refractivity contribution in [2.24, 2.45) is 7.05 Å². The minimum atomic E-state index is -0.597. The molecule has 0 saturated carbocycles. The van der Waals surface area contributed by atoms with Gasteiger partial charge in [-0.1, -0.05) is 0 Å². The zero-order chi connectivity index (χ0) is 22.2. The molecule has 1 saturated heterocycles. The Labute approximate surface area is 181 Å². The number of ether oxygens (including phenoxy) is 1. The molecular formula is C21H19FN8O2. The minimum Gasteiger partial charge on any atom is -0.406 e. The van der Waals surface area contributed by atoms with Crippen molar-refractivity contribution in [3.8, 4) is 23.2 Å². The number of carbonyl (C=O) groups is 1. The van der Waals surface area contributed by atoms with E-state index in [1.54, 1.807) is 24.0 Å². The van der Waals surface area contributed by atoms with E-state index in [1.807, 2.05) is 4.90 Å². The first-order valence-electron chi connectivity index (χ1n) is 10.1. The summed E-state index contributed by atoms with van der Waals surface area (Å²) in [4.78, 5) is 26.3. The number of carbonyl (C=O) groups excluding carboxylic acids is 1. The van der Waals surface area contributed by atoms with E-state index in [4.69, 9.17) is 10.00 Å². The Bertz CT molecular complexity index is 1370. The monoisotopic (exact) mass is 434 g/mol. The Morgan fingerprint density at radius 3 is 3.19 bits per heavy atom. The number of aryl methyl sites for hydroxylation is 1. The number of aromatic nitrogens is 5. The number of aromatic amines is 1. The van der Waals surface area contributed by atoms with Gasteiger partial charge < -0.3 is 15.0 Å². The van der Waals surface area contributed by atoms with Crippen LogP contribution in [0.1, 0.15) is 6.42 Å². The van der Waals surface area contributed by atoms with Crippen LogP contribution >= 0.6 is 0 Å². The van der Waals surface area contributed by atoms with Gasteiger partial charge in [0.25, 0.3) is 0 Å².